The normalized spacial score (nSPS) is 14.2. The minimum absolute atomic E-state index is 0.0519. The predicted molar refractivity (Wildman–Crippen MR) is 103 cm³/mol. The van der Waals surface area contributed by atoms with Crippen molar-refractivity contribution in [2.45, 2.75) is 38.1 Å². The zero-order chi connectivity index (χ0) is 18.5. The van der Waals surface area contributed by atoms with Gasteiger partial charge in [0.1, 0.15) is 0 Å². The smallest absolute Gasteiger partial charge is 0.312 e. The summed E-state index contributed by atoms with van der Waals surface area (Å²) in [7, 11) is 0. The quantitative estimate of drug-likeness (QED) is 0.743. The fraction of sp³-hybridized carbons (Fsp3) is 0.300. The largest absolute Gasteiger partial charge is 0.352 e. The van der Waals surface area contributed by atoms with E-state index in [1.807, 2.05) is 18.2 Å². The first-order chi connectivity index (χ1) is 12.5. The Morgan fingerprint density at radius 3 is 2.62 bits per heavy atom. The van der Waals surface area contributed by atoms with Crippen molar-refractivity contribution < 1.29 is 9.59 Å². The topological polar surface area (TPSA) is 84.2 Å². The van der Waals surface area contributed by atoms with Crippen LogP contribution >= 0.6 is 11.6 Å². The van der Waals surface area contributed by atoms with E-state index in [-0.39, 0.29) is 12.3 Å². The number of halogens is 1. The number of rotatable bonds is 5. The van der Waals surface area contributed by atoms with E-state index in [1.165, 1.54) is 17.5 Å². The second kappa shape index (κ2) is 8.23. The summed E-state index contributed by atoms with van der Waals surface area (Å²) in [5.74, 6) is -0.192. The van der Waals surface area contributed by atoms with Gasteiger partial charge in [0, 0.05) is 10.7 Å². The van der Waals surface area contributed by atoms with Gasteiger partial charge in [-0.05, 0) is 54.5 Å². The number of urea groups is 1. The number of carbonyl (C=O) groups is 2. The highest BCUT2D eigenvalue weighted by Crippen LogP contribution is 2.29. The van der Waals surface area contributed by atoms with E-state index in [0.717, 1.165) is 24.9 Å². The number of carbonyl (C=O) groups excluding carboxylic acids is 2. The Morgan fingerprint density at radius 1 is 1.08 bits per heavy atom. The SMILES string of the molecule is NC(=O)N[C@@H](CC(=O)Nc1cccc2c1CCCC2)c1ccccc1Cl. The van der Waals surface area contributed by atoms with Crippen LogP contribution in [-0.4, -0.2) is 11.9 Å². The number of nitrogens with one attached hydrogen (secondary N) is 2. The number of anilines is 1. The lowest BCUT2D eigenvalue weighted by molar-refractivity contribution is -0.116. The van der Waals surface area contributed by atoms with Gasteiger partial charge in [0.05, 0.1) is 12.5 Å². The Hall–Kier alpha value is -2.53. The van der Waals surface area contributed by atoms with Crippen LogP contribution in [0.5, 0.6) is 0 Å². The van der Waals surface area contributed by atoms with Crippen LogP contribution in [0.3, 0.4) is 0 Å². The van der Waals surface area contributed by atoms with E-state index >= 15 is 0 Å². The second-order valence-electron chi connectivity index (χ2n) is 6.49. The molecular weight excluding hydrogens is 350 g/mol. The maximum Gasteiger partial charge on any atom is 0.312 e. The monoisotopic (exact) mass is 371 g/mol. The van der Waals surface area contributed by atoms with Crippen molar-refractivity contribution in [3.8, 4) is 0 Å². The molecule has 5 nitrogen and oxygen atoms in total. The van der Waals surface area contributed by atoms with Gasteiger partial charge in [-0.3, -0.25) is 4.79 Å². The fourth-order valence-electron chi connectivity index (χ4n) is 3.45. The number of nitrogens with two attached hydrogens (primary N) is 1. The Balaban J connectivity index is 1.77. The molecule has 0 heterocycles. The first-order valence-corrected chi connectivity index (χ1v) is 9.13. The van der Waals surface area contributed by atoms with Gasteiger partial charge in [-0.2, -0.15) is 0 Å². The Labute approximate surface area is 157 Å². The van der Waals surface area contributed by atoms with Crippen LogP contribution in [0.4, 0.5) is 10.5 Å². The summed E-state index contributed by atoms with van der Waals surface area (Å²) in [4.78, 5) is 24.0. The highest BCUT2D eigenvalue weighted by atomic mass is 35.5. The van der Waals surface area contributed by atoms with Gasteiger partial charge in [0.25, 0.3) is 0 Å². The molecule has 0 fully saturated rings. The van der Waals surface area contributed by atoms with Gasteiger partial charge in [-0.1, -0.05) is 41.9 Å². The van der Waals surface area contributed by atoms with Crippen LogP contribution in [0.2, 0.25) is 5.02 Å². The lowest BCUT2D eigenvalue weighted by Gasteiger charge is -2.22. The summed E-state index contributed by atoms with van der Waals surface area (Å²) in [6, 6.07) is 11.8. The van der Waals surface area contributed by atoms with Crippen LogP contribution < -0.4 is 16.4 Å². The second-order valence-corrected chi connectivity index (χ2v) is 6.89. The molecule has 0 aromatic heterocycles. The van der Waals surface area contributed by atoms with Crippen molar-refractivity contribution in [2.24, 2.45) is 5.73 Å². The number of fused-ring (bicyclic) bond motifs is 1. The molecule has 1 aliphatic carbocycles. The maximum atomic E-state index is 12.6. The average molecular weight is 372 g/mol. The highest BCUT2D eigenvalue weighted by Gasteiger charge is 2.21. The summed E-state index contributed by atoms with van der Waals surface area (Å²) < 4.78 is 0. The predicted octanol–water partition coefficient (Wildman–Crippen LogP) is 3.96. The van der Waals surface area contributed by atoms with E-state index in [1.54, 1.807) is 18.2 Å². The molecular formula is C20H22ClN3O2. The fourth-order valence-corrected chi connectivity index (χ4v) is 3.72. The van der Waals surface area contributed by atoms with Crippen molar-refractivity contribution in [3.63, 3.8) is 0 Å². The zero-order valence-electron chi connectivity index (χ0n) is 14.4. The number of primary amides is 1. The third kappa shape index (κ3) is 4.35. The molecule has 0 saturated carbocycles. The van der Waals surface area contributed by atoms with E-state index < -0.39 is 12.1 Å². The Morgan fingerprint density at radius 2 is 1.85 bits per heavy atom. The molecule has 0 radical (unpaired) electrons. The van der Waals surface area contributed by atoms with Crippen LogP contribution in [0.25, 0.3) is 0 Å². The van der Waals surface area contributed by atoms with Crippen molar-refractivity contribution in [1.82, 2.24) is 5.32 Å². The molecule has 0 bridgehead atoms. The van der Waals surface area contributed by atoms with E-state index in [4.69, 9.17) is 17.3 Å². The summed E-state index contributed by atoms with van der Waals surface area (Å²) in [5, 5.41) is 6.08. The molecule has 2 aromatic carbocycles. The number of hydrogen-bond acceptors (Lipinski definition) is 2. The maximum absolute atomic E-state index is 12.6. The van der Waals surface area contributed by atoms with E-state index in [9.17, 15) is 9.59 Å². The minimum atomic E-state index is -0.695. The summed E-state index contributed by atoms with van der Waals surface area (Å²) in [5.41, 5.74) is 9.30. The van der Waals surface area contributed by atoms with Gasteiger partial charge in [-0.25, -0.2) is 4.79 Å². The van der Waals surface area contributed by atoms with Gasteiger partial charge in [0.15, 0.2) is 0 Å². The lowest BCUT2D eigenvalue weighted by atomic mass is 9.90. The molecule has 0 unspecified atom stereocenters. The highest BCUT2D eigenvalue weighted by molar-refractivity contribution is 6.31. The van der Waals surface area contributed by atoms with Crippen molar-refractivity contribution >= 4 is 29.2 Å². The first-order valence-electron chi connectivity index (χ1n) is 8.75. The van der Waals surface area contributed by atoms with Gasteiger partial charge in [-0.15, -0.1) is 0 Å². The molecule has 3 amide bonds. The van der Waals surface area contributed by atoms with Gasteiger partial charge in [0.2, 0.25) is 5.91 Å². The van der Waals surface area contributed by atoms with Crippen molar-refractivity contribution in [3.05, 3.63) is 64.2 Å². The molecule has 1 aliphatic rings. The van der Waals surface area contributed by atoms with Gasteiger partial charge >= 0.3 is 6.03 Å². The number of amides is 3. The standard InChI is InChI=1S/C20H22ClN3O2/c21-16-10-4-3-9-15(16)18(24-20(22)26)12-19(25)23-17-11-5-7-13-6-1-2-8-14(13)17/h3-5,7,9-11,18H,1-2,6,8,12H2,(H,23,25)(H3,22,24,26)/t18-/m0/s1. The molecule has 6 heteroatoms. The lowest BCUT2D eigenvalue weighted by Crippen LogP contribution is -2.35. The van der Waals surface area contributed by atoms with Crippen LogP contribution in [0.1, 0.15) is 42.0 Å². The average Bonchev–Trinajstić information content (AvgIpc) is 2.61. The third-order valence-corrected chi connectivity index (χ3v) is 5.00. The van der Waals surface area contributed by atoms with Crippen LogP contribution in [0, 0.1) is 0 Å². The molecule has 26 heavy (non-hydrogen) atoms. The summed E-state index contributed by atoms with van der Waals surface area (Å²) >= 11 is 6.22. The van der Waals surface area contributed by atoms with Gasteiger partial charge < -0.3 is 16.4 Å². The molecule has 3 rings (SSSR count). The molecule has 136 valence electrons. The van der Waals surface area contributed by atoms with Crippen LogP contribution in [0.15, 0.2) is 42.5 Å². The van der Waals surface area contributed by atoms with Crippen molar-refractivity contribution in [2.75, 3.05) is 5.32 Å². The third-order valence-electron chi connectivity index (χ3n) is 4.66. The molecule has 2 aromatic rings. The Bertz CT molecular complexity index is 822. The number of hydrogen-bond donors (Lipinski definition) is 3. The first kappa shape index (κ1) is 18.3. The molecule has 4 N–H and O–H groups in total. The molecule has 1 atom stereocenters. The Kier molecular flexibility index (Phi) is 5.78. The minimum Gasteiger partial charge on any atom is -0.352 e. The summed E-state index contributed by atoms with van der Waals surface area (Å²) in [6.45, 7) is 0. The molecule has 0 aliphatic heterocycles. The summed E-state index contributed by atoms with van der Waals surface area (Å²) in [6.07, 6.45) is 4.38. The van der Waals surface area contributed by atoms with E-state index in [2.05, 4.69) is 16.7 Å². The number of aryl methyl sites for hydroxylation is 1. The zero-order valence-corrected chi connectivity index (χ0v) is 15.2. The van der Waals surface area contributed by atoms with Crippen molar-refractivity contribution in [1.29, 1.82) is 0 Å². The molecule has 0 saturated heterocycles. The number of benzene rings is 2. The molecule has 0 spiro atoms. The van der Waals surface area contributed by atoms with E-state index in [0.29, 0.717) is 10.6 Å². The van der Waals surface area contributed by atoms with Crippen LogP contribution in [-0.2, 0) is 17.6 Å².